The van der Waals surface area contributed by atoms with Crippen molar-refractivity contribution in [3.63, 3.8) is 0 Å². The Labute approximate surface area is 151 Å². The number of carbonyl (C=O) groups is 1. The van der Waals surface area contributed by atoms with Crippen LogP contribution in [0.1, 0.15) is 5.56 Å². The molecular weight excluding hydrogens is 346 g/mol. The maximum Gasteiger partial charge on any atom is 0.234 e. The lowest BCUT2D eigenvalue weighted by Crippen LogP contribution is -2.15. The minimum absolute atomic E-state index is 0.101. The molecule has 2 rings (SSSR count). The second kappa shape index (κ2) is 9.45. The second-order valence-electron chi connectivity index (χ2n) is 5.11. The Morgan fingerprint density at radius 1 is 1.21 bits per heavy atom. The molecule has 24 heavy (non-hydrogen) atoms. The smallest absolute Gasteiger partial charge is 0.234 e. The number of aryl methyl sites for hydroxylation is 1. The van der Waals surface area contributed by atoms with Gasteiger partial charge in [0, 0.05) is 10.8 Å². The van der Waals surface area contributed by atoms with Crippen molar-refractivity contribution in [3.05, 3.63) is 53.1 Å². The minimum Gasteiger partial charge on any atom is -0.495 e. The molecule has 0 radical (unpaired) electrons. The lowest BCUT2D eigenvalue weighted by molar-refractivity contribution is -0.113. The van der Waals surface area contributed by atoms with Crippen molar-refractivity contribution >= 4 is 35.0 Å². The molecule has 6 heteroatoms. The first-order valence-electron chi connectivity index (χ1n) is 7.49. The summed E-state index contributed by atoms with van der Waals surface area (Å²) in [6.45, 7) is 2.59. The zero-order valence-electron chi connectivity index (χ0n) is 13.7. The fourth-order valence-corrected chi connectivity index (χ4v) is 2.76. The van der Waals surface area contributed by atoms with Crippen molar-refractivity contribution in [2.24, 2.45) is 0 Å². The van der Waals surface area contributed by atoms with E-state index in [2.05, 4.69) is 5.32 Å². The molecule has 0 saturated carbocycles. The summed E-state index contributed by atoms with van der Waals surface area (Å²) in [5.41, 5.74) is 1.77. The fourth-order valence-electron chi connectivity index (χ4n) is 1.98. The molecule has 4 nitrogen and oxygen atoms in total. The number of ether oxygens (including phenoxy) is 2. The summed E-state index contributed by atoms with van der Waals surface area (Å²) >= 11 is 7.45. The number of rotatable bonds is 8. The molecular formula is C18H20ClNO3S. The monoisotopic (exact) mass is 365 g/mol. The highest BCUT2D eigenvalue weighted by molar-refractivity contribution is 7.99. The molecule has 0 aliphatic carbocycles. The average molecular weight is 366 g/mol. The number of amides is 1. The van der Waals surface area contributed by atoms with Gasteiger partial charge in [-0.05, 0) is 37.3 Å². The van der Waals surface area contributed by atoms with E-state index in [0.29, 0.717) is 28.8 Å². The highest BCUT2D eigenvalue weighted by Gasteiger charge is 2.08. The highest BCUT2D eigenvalue weighted by Crippen LogP contribution is 2.27. The SMILES string of the molecule is COc1ccc(Cl)cc1NC(=O)CSCCOc1ccc(C)cc1. The van der Waals surface area contributed by atoms with Gasteiger partial charge in [-0.15, -0.1) is 11.8 Å². The molecule has 2 aromatic rings. The Hall–Kier alpha value is -1.85. The molecule has 0 aromatic heterocycles. The van der Waals surface area contributed by atoms with Gasteiger partial charge in [-0.1, -0.05) is 29.3 Å². The summed E-state index contributed by atoms with van der Waals surface area (Å²) in [4.78, 5) is 12.0. The Morgan fingerprint density at radius 2 is 1.96 bits per heavy atom. The fraction of sp³-hybridized carbons (Fsp3) is 0.278. The van der Waals surface area contributed by atoms with Crippen LogP contribution < -0.4 is 14.8 Å². The highest BCUT2D eigenvalue weighted by atomic mass is 35.5. The number of benzene rings is 2. The molecule has 0 aliphatic rings. The zero-order valence-corrected chi connectivity index (χ0v) is 15.2. The van der Waals surface area contributed by atoms with E-state index in [1.54, 1.807) is 25.3 Å². The van der Waals surface area contributed by atoms with Crippen LogP contribution >= 0.6 is 23.4 Å². The van der Waals surface area contributed by atoms with Crippen LogP contribution in [0.5, 0.6) is 11.5 Å². The molecule has 0 heterocycles. The van der Waals surface area contributed by atoms with Gasteiger partial charge in [-0.3, -0.25) is 4.79 Å². The third-order valence-electron chi connectivity index (χ3n) is 3.19. The molecule has 0 aliphatic heterocycles. The summed E-state index contributed by atoms with van der Waals surface area (Å²) in [5.74, 6) is 2.40. The molecule has 0 spiro atoms. The van der Waals surface area contributed by atoms with E-state index in [0.717, 1.165) is 11.5 Å². The predicted octanol–water partition coefficient (Wildman–Crippen LogP) is 4.41. The van der Waals surface area contributed by atoms with E-state index >= 15 is 0 Å². The Bertz CT molecular complexity index is 676. The normalized spacial score (nSPS) is 10.3. The molecule has 0 atom stereocenters. The Morgan fingerprint density at radius 3 is 2.67 bits per heavy atom. The van der Waals surface area contributed by atoms with Gasteiger partial charge in [0.05, 0.1) is 25.2 Å². The Balaban J connectivity index is 1.70. The van der Waals surface area contributed by atoms with Gasteiger partial charge < -0.3 is 14.8 Å². The largest absolute Gasteiger partial charge is 0.495 e. The van der Waals surface area contributed by atoms with Gasteiger partial charge in [0.1, 0.15) is 11.5 Å². The van der Waals surface area contributed by atoms with Crippen LogP contribution in [-0.2, 0) is 4.79 Å². The summed E-state index contributed by atoms with van der Waals surface area (Å²) in [5, 5.41) is 3.35. The van der Waals surface area contributed by atoms with Crippen molar-refractivity contribution in [2.45, 2.75) is 6.92 Å². The van der Waals surface area contributed by atoms with E-state index in [-0.39, 0.29) is 5.91 Å². The molecule has 0 fully saturated rings. The summed E-state index contributed by atoms with van der Waals surface area (Å²) in [6, 6.07) is 13.0. The van der Waals surface area contributed by atoms with E-state index in [9.17, 15) is 4.79 Å². The quantitative estimate of drug-likeness (QED) is 0.704. The van der Waals surface area contributed by atoms with Gasteiger partial charge in [0.2, 0.25) is 5.91 Å². The van der Waals surface area contributed by atoms with Crippen LogP contribution in [0.15, 0.2) is 42.5 Å². The van der Waals surface area contributed by atoms with Crippen LogP contribution in [0.2, 0.25) is 5.02 Å². The van der Waals surface area contributed by atoms with Crippen LogP contribution in [0, 0.1) is 6.92 Å². The minimum atomic E-state index is -0.101. The number of nitrogens with one attached hydrogen (secondary N) is 1. The predicted molar refractivity (Wildman–Crippen MR) is 101 cm³/mol. The first-order valence-corrected chi connectivity index (χ1v) is 9.02. The van der Waals surface area contributed by atoms with Crippen molar-refractivity contribution < 1.29 is 14.3 Å². The molecule has 0 unspecified atom stereocenters. The van der Waals surface area contributed by atoms with Crippen molar-refractivity contribution in [2.75, 3.05) is 30.5 Å². The van der Waals surface area contributed by atoms with Gasteiger partial charge in [-0.25, -0.2) is 0 Å². The molecule has 2 aromatic carbocycles. The van der Waals surface area contributed by atoms with Gasteiger partial charge in [-0.2, -0.15) is 0 Å². The van der Waals surface area contributed by atoms with Gasteiger partial charge in [0.15, 0.2) is 0 Å². The Kier molecular flexibility index (Phi) is 7.28. The molecule has 1 N–H and O–H groups in total. The van der Waals surface area contributed by atoms with Gasteiger partial charge in [0.25, 0.3) is 0 Å². The first-order chi connectivity index (χ1) is 11.6. The summed E-state index contributed by atoms with van der Waals surface area (Å²) in [6.07, 6.45) is 0. The maximum atomic E-state index is 12.0. The van der Waals surface area contributed by atoms with E-state index in [4.69, 9.17) is 21.1 Å². The van der Waals surface area contributed by atoms with Crippen molar-refractivity contribution in [3.8, 4) is 11.5 Å². The van der Waals surface area contributed by atoms with Crippen LogP contribution in [0.25, 0.3) is 0 Å². The number of anilines is 1. The van der Waals surface area contributed by atoms with Crippen molar-refractivity contribution in [1.82, 2.24) is 0 Å². The standard InChI is InChI=1S/C18H20ClNO3S/c1-13-3-6-15(7-4-13)23-9-10-24-12-18(21)20-16-11-14(19)5-8-17(16)22-2/h3-8,11H,9-10,12H2,1-2H3,(H,20,21). The zero-order chi connectivity index (χ0) is 17.4. The topological polar surface area (TPSA) is 47.6 Å². The van der Waals surface area contributed by atoms with E-state index in [1.165, 1.54) is 17.3 Å². The second-order valence-corrected chi connectivity index (χ2v) is 6.65. The molecule has 128 valence electrons. The molecule has 0 saturated heterocycles. The van der Waals surface area contributed by atoms with Crippen LogP contribution in [0.3, 0.4) is 0 Å². The van der Waals surface area contributed by atoms with E-state index in [1.807, 2.05) is 31.2 Å². The maximum absolute atomic E-state index is 12.0. The molecule has 0 bridgehead atoms. The van der Waals surface area contributed by atoms with E-state index < -0.39 is 0 Å². The molecule has 1 amide bonds. The third-order valence-corrected chi connectivity index (χ3v) is 4.34. The lowest BCUT2D eigenvalue weighted by atomic mass is 10.2. The van der Waals surface area contributed by atoms with Crippen LogP contribution in [0.4, 0.5) is 5.69 Å². The number of methoxy groups -OCH3 is 1. The summed E-state index contributed by atoms with van der Waals surface area (Å²) < 4.78 is 10.8. The van der Waals surface area contributed by atoms with Gasteiger partial charge >= 0.3 is 0 Å². The number of hydrogen-bond donors (Lipinski definition) is 1. The third kappa shape index (κ3) is 5.98. The number of hydrogen-bond acceptors (Lipinski definition) is 4. The number of thioether (sulfide) groups is 1. The van der Waals surface area contributed by atoms with Crippen molar-refractivity contribution in [1.29, 1.82) is 0 Å². The average Bonchev–Trinajstić information content (AvgIpc) is 2.56. The number of carbonyl (C=O) groups excluding carboxylic acids is 1. The van der Waals surface area contributed by atoms with Crippen LogP contribution in [-0.4, -0.2) is 31.1 Å². The lowest BCUT2D eigenvalue weighted by Gasteiger charge is -2.10. The summed E-state index contributed by atoms with van der Waals surface area (Å²) in [7, 11) is 1.55. The first kappa shape index (κ1) is 18.5. The number of halogens is 1.